The molecular weight excluding hydrogens is 341 g/mol. The van der Waals surface area contributed by atoms with Crippen molar-refractivity contribution >= 4 is 19.2 Å². The van der Waals surface area contributed by atoms with Gasteiger partial charge in [-0.15, -0.1) is 0 Å². The minimum Gasteiger partial charge on any atom is -0.456 e. The van der Waals surface area contributed by atoms with E-state index in [1.165, 1.54) is 12.1 Å². The molecule has 1 heterocycles. The van der Waals surface area contributed by atoms with Gasteiger partial charge in [-0.2, -0.15) is 0 Å². The SMILES string of the molecule is CCOC(=O)C#Cc1ccc(F)c(C=C(F)B2OC(C)(C)C(C)(C)O2)c1. The third kappa shape index (κ3) is 4.51. The van der Waals surface area contributed by atoms with Crippen molar-refractivity contribution in [2.75, 3.05) is 6.61 Å². The Hall–Kier alpha value is -2.17. The molecule has 0 amide bonds. The maximum Gasteiger partial charge on any atom is 0.525 e. The maximum absolute atomic E-state index is 14.5. The number of carbonyl (C=O) groups is 1. The quantitative estimate of drug-likeness (QED) is 0.468. The molecule has 1 fully saturated rings. The molecule has 1 aliphatic heterocycles. The molecule has 2 rings (SSSR count). The van der Waals surface area contributed by atoms with Crippen LogP contribution in [0.1, 0.15) is 45.7 Å². The molecule has 1 aromatic carbocycles. The zero-order chi connectivity index (χ0) is 19.5. The molecular formula is C19H21BF2O4. The van der Waals surface area contributed by atoms with Crippen molar-refractivity contribution in [1.82, 2.24) is 0 Å². The van der Waals surface area contributed by atoms with Gasteiger partial charge < -0.3 is 14.0 Å². The van der Waals surface area contributed by atoms with Crippen LogP contribution in [0.3, 0.4) is 0 Å². The van der Waals surface area contributed by atoms with Crippen molar-refractivity contribution in [1.29, 1.82) is 0 Å². The number of rotatable bonds is 3. The third-order valence-corrected chi connectivity index (χ3v) is 4.35. The van der Waals surface area contributed by atoms with E-state index in [0.717, 1.165) is 12.1 Å². The summed E-state index contributed by atoms with van der Waals surface area (Å²) in [6.07, 6.45) is 1.01. The molecule has 0 N–H and O–H groups in total. The minimum atomic E-state index is -1.21. The van der Waals surface area contributed by atoms with Crippen LogP contribution in [0.4, 0.5) is 8.78 Å². The molecule has 0 unspecified atom stereocenters. The first-order chi connectivity index (χ1) is 12.1. The van der Waals surface area contributed by atoms with Gasteiger partial charge in [-0.1, -0.05) is 5.92 Å². The molecule has 1 aromatic rings. The van der Waals surface area contributed by atoms with Crippen molar-refractivity contribution in [3.63, 3.8) is 0 Å². The monoisotopic (exact) mass is 362 g/mol. The Morgan fingerprint density at radius 3 is 2.46 bits per heavy atom. The number of ether oxygens (including phenoxy) is 1. The molecule has 7 heteroatoms. The lowest BCUT2D eigenvalue weighted by atomic mass is 9.86. The fourth-order valence-electron chi connectivity index (χ4n) is 2.19. The number of esters is 1. The molecule has 138 valence electrons. The van der Waals surface area contributed by atoms with Crippen molar-refractivity contribution in [3.05, 3.63) is 40.9 Å². The van der Waals surface area contributed by atoms with E-state index < -0.39 is 35.8 Å². The van der Waals surface area contributed by atoms with E-state index in [1.54, 1.807) is 34.6 Å². The fourth-order valence-corrected chi connectivity index (χ4v) is 2.19. The van der Waals surface area contributed by atoms with Crippen molar-refractivity contribution in [2.24, 2.45) is 0 Å². The lowest BCUT2D eigenvalue weighted by Crippen LogP contribution is -2.41. The molecule has 4 nitrogen and oxygen atoms in total. The van der Waals surface area contributed by atoms with Crippen LogP contribution in [0.2, 0.25) is 0 Å². The van der Waals surface area contributed by atoms with Gasteiger partial charge in [0.25, 0.3) is 0 Å². The van der Waals surface area contributed by atoms with Crippen LogP contribution in [-0.2, 0) is 18.8 Å². The Balaban J connectivity index is 2.24. The van der Waals surface area contributed by atoms with E-state index in [-0.39, 0.29) is 12.2 Å². The van der Waals surface area contributed by atoms with Gasteiger partial charge in [0.05, 0.1) is 17.8 Å². The maximum atomic E-state index is 14.5. The second-order valence-electron chi connectivity index (χ2n) is 6.82. The highest BCUT2D eigenvalue weighted by Gasteiger charge is 2.53. The van der Waals surface area contributed by atoms with E-state index in [4.69, 9.17) is 14.0 Å². The summed E-state index contributed by atoms with van der Waals surface area (Å²) in [6.45, 7) is 9.07. The first-order valence-corrected chi connectivity index (χ1v) is 8.27. The molecule has 0 aliphatic carbocycles. The van der Waals surface area contributed by atoms with Gasteiger partial charge in [-0.3, -0.25) is 0 Å². The summed E-state index contributed by atoms with van der Waals surface area (Å²) in [7, 11) is -1.21. The smallest absolute Gasteiger partial charge is 0.456 e. The van der Waals surface area contributed by atoms with E-state index in [1.807, 2.05) is 0 Å². The van der Waals surface area contributed by atoms with Crippen LogP contribution in [0, 0.1) is 17.7 Å². The Labute approximate surface area is 152 Å². The normalized spacial score (nSPS) is 18.3. The lowest BCUT2D eigenvalue weighted by Gasteiger charge is -2.32. The van der Waals surface area contributed by atoms with E-state index >= 15 is 0 Å². The highest BCUT2D eigenvalue weighted by atomic mass is 19.1. The molecule has 0 aromatic heterocycles. The zero-order valence-corrected chi connectivity index (χ0v) is 15.5. The van der Waals surface area contributed by atoms with Crippen LogP contribution in [0.5, 0.6) is 0 Å². The van der Waals surface area contributed by atoms with Crippen LogP contribution in [0.15, 0.2) is 23.9 Å². The predicted octanol–water partition coefficient (Wildman–Crippen LogP) is 3.68. The Kier molecular flexibility index (Phi) is 5.89. The first-order valence-electron chi connectivity index (χ1n) is 8.27. The van der Waals surface area contributed by atoms with Gasteiger partial charge in [0, 0.05) is 17.0 Å². The van der Waals surface area contributed by atoms with Crippen LogP contribution < -0.4 is 0 Å². The molecule has 0 radical (unpaired) electrons. The van der Waals surface area contributed by atoms with E-state index in [0.29, 0.717) is 5.56 Å². The molecule has 0 atom stereocenters. The highest BCUT2D eigenvalue weighted by Crippen LogP contribution is 2.39. The molecule has 0 spiro atoms. The number of hydrogen-bond donors (Lipinski definition) is 0. The average Bonchev–Trinajstić information content (AvgIpc) is 2.76. The zero-order valence-electron chi connectivity index (χ0n) is 15.5. The van der Waals surface area contributed by atoms with Gasteiger partial charge in [0.2, 0.25) is 0 Å². The summed E-state index contributed by atoms with van der Waals surface area (Å²) < 4.78 is 44.4. The first kappa shape index (κ1) is 20.2. The number of carbonyl (C=O) groups excluding carboxylic acids is 1. The molecule has 1 saturated heterocycles. The topological polar surface area (TPSA) is 44.8 Å². The number of hydrogen-bond acceptors (Lipinski definition) is 4. The second-order valence-corrected chi connectivity index (χ2v) is 6.82. The van der Waals surface area contributed by atoms with E-state index in [9.17, 15) is 13.6 Å². The molecule has 0 bridgehead atoms. The van der Waals surface area contributed by atoms with Crippen LogP contribution >= 0.6 is 0 Å². The standard InChI is InChI=1S/C19H21BF2O4/c1-6-24-17(23)10-8-13-7-9-15(21)14(11-13)12-16(22)20-25-18(2,3)19(4,5)26-20/h7,9,11-12H,6H2,1-5H3. The predicted molar refractivity (Wildman–Crippen MR) is 95.1 cm³/mol. The van der Waals surface area contributed by atoms with Gasteiger partial charge in [0.15, 0.2) is 0 Å². The van der Waals surface area contributed by atoms with Crippen molar-refractivity contribution in [3.8, 4) is 11.8 Å². The summed E-state index contributed by atoms with van der Waals surface area (Å²) >= 11 is 0. The van der Waals surface area contributed by atoms with Crippen molar-refractivity contribution < 1.29 is 27.6 Å². The molecule has 0 saturated carbocycles. The Morgan fingerprint density at radius 2 is 1.88 bits per heavy atom. The number of benzene rings is 1. The summed E-state index contributed by atoms with van der Waals surface area (Å²) in [6, 6.07) is 3.89. The lowest BCUT2D eigenvalue weighted by molar-refractivity contribution is -0.136. The van der Waals surface area contributed by atoms with Crippen LogP contribution in [0.25, 0.3) is 6.08 Å². The number of halogens is 2. The Bertz CT molecular complexity index is 774. The molecule has 1 aliphatic rings. The van der Waals surface area contributed by atoms with Gasteiger partial charge in [-0.25, -0.2) is 13.6 Å². The largest absolute Gasteiger partial charge is 0.525 e. The van der Waals surface area contributed by atoms with Crippen molar-refractivity contribution in [2.45, 2.75) is 45.8 Å². The Morgan fingerprint density at radius 1 is 1.27 bits per heavy atom. The van der Waals surface area contributed by atoms with Crippen LogP contribution in [-0.4, -0.2) is 30.9 Å². The second kappa shape index (κ2) is 7.61. The summed E-state index contributed by atoms with van der Waals surface area (Å²) in [5.41, 5.74) is -1.82. The van der Waals surface area contributed by atoms with E-state index in [2.05, 4.69) is 11.8 Å². The minimum absolute atomic E-state index is 0.0205. The molecule has 26 heavy (non-hydrogen) atoms. The summed E-state index contributed by atoms with van der Waals surface area (Å²) in [4.78, 5) is 11.3. The van der Waals surface area contributed by atoms with Gasteiger partial charge in [0.1, 0.15) is 11.5 Å². The summed E-state index contributed by atoms with van der Waals surface area (Å²) in [5.74, 6) is 3.53. The fraction of sp³-hybridized carbons (Fsp3) is 0.421. The third-order valence-electron chi connectivity index (χ3n) is 4.35. The van der Waals surface area contributed by atoms with Gasteiger partial charge >= 0.3 is 13.1 Å². The van der Waals surface area contributed by atoms with Gasteiger partial charge in [-0.05, 0) is 58.9 Å². The summed E-state index contributed by atoms with van der Waals surface area (Å²) in [5, 5.41) is 0. The highest BCUT2D eigenvalue weighted by molar-refractivity contribution is 6.54. The average molecular weight is 362 g/mol.